The van der Waals surface area contributed by atoms with Gasteiger partial charge in [0.1, 0.15) is 6.07 Å². The van der Waals surface area contributed by atoms with E-state index in [4.69, 9.17) is 5.26 Å². The maximum Gasteiger partial charge on any atom is 0.320 e. The number of fused-ring (bicyclic) bond motifs is 1. The highest BCUT2D eigenvalue weighted by Crippen LogP contribution is 2.18. The normalized spacial score (nSPS) is 10.7. The van der Waals surface area contributed by atoms with Crippen molar-refractivity contribution in [1.29, 1.82) is 5.26 Å². The lowest BCUT2D eigenvalue weighted by Crippen LogP contribution is -2.30. The van der Waals surface area contributed by atoms with Crippen LogP contribution in [0.5, 0.6) is 0 Å². The Labute approximate surface area is 170 Å². The summed E-state index contributed by atoms with van der Waals surface area (Å²) < 4.78 is 1.55. The van der Waals surface area contributed by atoms with Gasteiger partial charge >= 0.3 is 6.03 Å². The highest BCUT2D eigenvalue weighted by atomic mass is 16.2. The summed E-state index contributed by atoms with van der Waals surface area (Å²) in [7, 11) is 0. The molecule has 12 nitrogen and oxygen atoms in total. The second kappa shape index (κ2) is 8.31. The summed E-state index contributed by atoms with van der Waals surface area (Å²) >= 11 is 0. The van der Waals surface area contributed by atoms with Gasteiger partial charge in [0.2, 0.25) is 0 Å². The largest absolute Gasteiger partial charge is 0.337 e. The first-order valence-electron chi connectivity index (χ1n) is 9.18. The Morgan fingerprint density at radius 2 is 2.17 bits per heavy atom. The Kier molecular flexibility index (Phi) is 5.25. The van der Waals surface area contributed by atoms with Crippen molar-refractivity contribution in [3.63, 3.8) is 0 Å². The number of aromatic nitrogens is 8. The lowest BCUT2D eigenvalue weighted by molar-refractivity contribution is 0.252. The van der Waals surface area contributed by atoms with Gasteiger partial charge in [-0.2, -0.15) is 15.2 Å². The highest BCUT2D eigenvalue weighted by molar-refractivity contribution is 5.88. The topological polar surface area (TPSA) is 152 Å². The third-order valence-electron chi connectivity index (χ3n) is 4.14. The average Bonchev–Trinajstić information content (AvgIpc) is 3.39. The summed E-state index contributed by atoms with van der Waals surface area (Å²) in [6, 6.07) is 6.92. The van der Waals surface area contributed by atoms with E-state index in [-0.39, 0.29) is 0 Å². The number of anilines is 1. The fraction of sp³-hybridized carbons (Fsp3) is 0.222. The van der Waals surface area contributed by atoms with E-state index in [0.717, 1.165) is 0 Å². The molecule has 0 radical (unpaired) electrons. The monoisotopic (exact) mass is 403 g/mol. The van der Waals surface area contributed by atoms with Gasteiger partial charge in [-0.05, 0) is 30.3 Å². The van der Waals surface area contributed by atoms with Gasteiger partial charge in [0.05, 0.1) is 24.0 Å². The van der Waals surface area contributed by atoms with Crippen LogP contribution >= 0.6 is 0 Å². The molecular weight excluding hydrogens is 386 g/mol. The van der Waals surface area contributed by atoms with E-state index in [1.807, 2.05) is 6.92 Å². The van der Waals surface area contributed by atoms with E-state index in [2.05, 4.69) is 47.2 Å². The molecule has 0 spiro atoms. The first kappa shape index (κ1) is 18.9. The molecule has 4 heterocycles. The van der Waals surface area contributed by atoms with Crippen molar-refractivity contribution in [2.45, 2.75) is 19.9 Å². The van der Waals surface area contributed by atoms with E-state index >= 15 is 0 Å². The van der Waals surface area contributed by atoms with Crippen molar-refractivity contribution in [2.75, 3.05) is 11.9 Å². The molecule has 2 N–H and O–H groups in total. The number of hydrogen-bond acceptors (Lipinski definition) is 8. The van der Waals surface area contributed by atoms with E-state index in [9.17, 15) is 4.79 Å². The molecule has 0 aliphatic rings. The highest BCUT2D eigenvalue weighted by Gasteiger charge is 2.09. The predicted molar refractivity (Wildman–Crippen MR) is 105 cm³/mol. The van der Waals surface area contributed by atoms with Crippen LogP contribution in [0.1, 0.15) is 18.3 Å². The van der Waals surface area contributed by atoms with E-state index in [1.165, 1.54) is 11.0 Å². The Morgan fingerprint density at radius 3 is 2.97 bits per heavy atom. The molecule has 0 atom stereocenters. The molecule has 0 fully saturated rings. The van der Waals surface area contributed by atoms with Crippen LogP contribution in [0.25, 0.3) is 16.9 Å². The van der Waals surface area contributed by atoms with Crippen LogP contribution < -0.4 is 10.6 Å². The van der Waals surface area contributed by atoms with Crippen LogP contribution in [0.4, 0.5) is 10.6 Å². The summed E-state index contributed by atoms with van der Waals surface area (Å²) in [6.45, 7) is 2.92. The molecule has 4 aromatic heterocycles. The number of carbonyl (C=O) groups is 1. The number of nitriles is 1. The number of imidazole rings is 1. The first-order valence-corrected chi connectivity index (χ1v) is 9.18. The molecule has 0 bridgehead atoms. The third kappa shape index (κ3) is 4.20. The maximum atomic E-state index is 12.1. The summed E-state index contributed by atoms with van der Waals surface area (Å²) in [5.74, 6) is 0.924. The smallest absolute Gasteiger partial charge is 0.320 e. The van der Waals surface area contributed by atoms with Crippen LogP contribution in [-0.4, -0.2) is 52.4 Å². The molecule has 4 rings (SSSR count). The number of urea groups is 1. The Hall–Kier alpha value is -4.40. The van der Waals surface area contributed by atoms with Crippen LogP contribution in [-0.2, 0) is 13.0 Å². The summed E-state index contributed by atoms with van der Waals surface area (Å²) in [5.41, 5.74) is 2.36. The molecule has 0 saturated carbocycles. The Balaban J connectivity index is 1.39. The van der Waals surface area contributed by atoms with E-state index in [0.29, 0.717) is 53.6 Å². The minimum atomic E-state index is -0.396. The molecule has 0 aromatic carbocycles. The van der Waals surface area contributed by atoms with Gasteiger partial charge in [-0.1, -0.05) is 0 Å². The molecule has 0 unspecified atom stereocenters. The first-order chi connectivity index (χ1) is 14.6. The molecule has 12 heteroatoms. The van der Waals surface area contributed by atoms with Crippen molar-refractivity contribution in [2.24, 2.45) is 0 Å². The Morgan fingerprint density at radius 1 is 1.27 bits per heavy atom. The lowest BCUT2D eigenvalue weighted by atomic mass is 10.1. The van der Waals surface area contributed by atoms with Gasteiger partial charge in [-0.25, -0.2) is 14.3 Å². The van der Waals surface area contributed by atoms with Crippen molar-refractivity contribution >= 4 is 17.5 Å². The van der Waals surface area contributed by atoms with Gasteiger partial charge < -0.3 is 5.32 Å². The minimum Gasteiger partial charge on any atom is -0.337 e. The molecule has 0 aliphatic heterocycles. The van der Waals surface area contributed by atoms with Crippen LogP contribution in [0.15, 0.2) is 36.8 Å². The van der Waals surface area contributed by atoms with Crippen LogP contribution in [0, 0.1) is 11.3 Å². The number of hydrogen-bond donors (Lipinski definition) is 2. The summed E-state index contributed by atoms with van der Waals surface area (Å²) in [6.07, 6.45) is 5.20. The van der Waals surface area contributed by atoms with Crippen molar-refractivity contribution in [3.8, 4) is 17.3 Å². The van der Waals surface area contributed by atoms with Crippen LogP contribution in [0.3, 0.4) is 0 Å². The molecule has 150 valence electrons. The zero-order valence-electron chi connectivity index (χ0n) is 16.0. The quantitative estimate of drug-likeness (QED) is 0.484. The third-order valence-corrected chi connectivity index (χ3v) is 4.14. The number of nitrogens with one attached hydrogen (secondary N) is 2. The van der Waals surface area contributed by atoms with Gasteiger partial charge in [-0.15, -0.1) is 10.2 Å². The van der Waals surface area contributed by atoms with Crippen LogP contribution in [0.2, 0.25) is 0 Å². The average molecular weight is 403 g/mol. The van der Waals surface area contributed by atoms with E-state index < -0.39 is 6.03 Å². The van der Waals surface area contributed by atoms with Gasteiger partial charge in [0.15, 0.2) is 17.3 Å². The summed E-state index contributed by atoms with van der Waals surface area (Å²) in [4.78, 5) is 22.0. The number of amides is 2. The molecule has 30 heavy (non-hydrogen) atoms. The number of tetrazole rings is 1. The number of aryl methyl sites for hydroxylation is 1. The SMILES string of the molecule is CCn1nnc(CCNC(=O)Nc2cn3nc(-c4cncc(C#N)c4)ccc3n2)n1. The fourth-order valence-corrected chi connectivity index (χ4v) is 2.70. The summed E-state index contributed by atoms with van der Waals surface area (Å²) in [5, 5.41) is 30.8. The van der Waals surface area contributed by atoms with Gasteiger partial charge in [0, 0.05) is 30.9 Å². The minimum absolute atomic E-state index is 0.358. The second-order valence-corrected chi connectivity index (χ2v) is 6.25. The predicted octanol–water partition coefficient (Wildman–Crippen LogP) is 1.03. The van der Waals surface area contributed by atoms with Crippen molar-refractivity contribution in [1.82, 2.24) is 45.1 Å². The number of carbonyl (C=O) groups excluding carboxylic acids is 1. The van der Waals surface area contributed by atoms with Crippen molar-refractivity contribution in [3.05, 3.63) is 48.2 Å². The van der Waals surface area contributed by atoms with Gasteiger partial charge in [0.25, 0.3) is 0 Å². The number of pyridine rings is 1. The molecule has 4 aromatic rings. The lowest BCUT2D eigenvalue weighted by Gasteiger charge is -2.03. The molecule has 2 amide bonds. The fourth-order valence-electron chi connectivity index (χ4n) is 2.70. The molecule has 0 aliphatic carbocycles. The number of nitrogens with zero attached hydrogens (tertiary/aromatic N) is 9. The maximum absolute atomic E-state index is 12.1. The zero-order valence-corrected chi connectivity index (χ0v) is 16.0. The zero-order chi connectivity index (χ0) is 20.9. The number of rotatable bonds is 6. The molecular formula is C18H17N11O. The second-order valence-electron chi connectivity index (χ2n) is 6.25. The van der Waals surface area contributed by atoms with E-state index in [1.54, 1.807) is 35.1 Å². The van der Waals surface area contributed by atoms with Crippen molar-refractivity contribution < 1.29 is 4.79 Å². The van der Waals surface area contributed by atoms with Gasteiger partial charge in [-0.3, -0.25) is 10.3 Å². The molecule has 0 saturated heterocycles. The standard InChI is InChI=1S/C18H17N11O/c1-2-29-26-15(24-27-29)5-6-21-18(30)23-16-11-28-17(22-16)4-3-14(25-28)13-7-12(8-19)9-20-10-13/h3-4,7,9-11H,2,5-6H2,1H3,(H2,21,23,30). The Bertz CT molecular complexity index is 1240.